The van der Waals surface area contributed by atoms with Crippen molar-refractivity contribution in [3.63, 3.8) is 0 Å². The van der Waals surface area contributed by atoms with Gasteiger partial charge in [0.1, 0.15) is 17.8 Å². The van der Waals surface area contributed by atoms with Crippen LogP contribution in [-0.4, -0.2) is 5.91 Å². The summed E-state index contributed by atoms with van der Waals surface area (Å²) in [5.41, 5.74) is 1.51. The maximum Gasteiger partial charge on any atom is 0.266 e. The molecule has 2 aromatic rings. The van der Waals surface area contributed by atoms with Crippen molar-refractivity contribution in [2.75, 3.05) is 4.90 Å². The molecule has 1 amide bonds. The number of rotatable bonds is 2. The molecular weight excluding hydrogens is 330 g/mol. The second kappa shape index (κ2) is 6.37. The summed E-state index contributed by atoms with van der Waals surface area (Å²) in [6.07, 6.45) is -0.539. The van der Waals surface area contributed by atoms with E-state index in [4.69, 9.17) is 11.6 Å². The summed E-state index contributed by atoms with van der Waals surface area (Å²) < 4.78 is 0. The molecule has 0 fully saturated rings. The zero-order valence-corrected chi connectivity index (χ0v) is 13.6. The SMILES string of the molecule is N#CC1=C(S)N(c2ccccc2)[C@H](c2ccccc2Cl)NC1=O. The van der Waals surface area contributed by atoms with Crippen LogP contribution in [-0.2, 0) is 4.79 Å². The van der Waals surface area contributed by atoms with Crippen molar-refractivity contribution < 1.29 is 4.79 Å². The van der Waals surface area contributed by atoms with Crippen LogP contribution in [0.1, 0.15) is 11.7 Å². The number of carbonyl (C=O) groups is 1. The van der Waals surface area contributed by atoms with E-state index >= 15 is 0 Å². The van der Waals surface area contributed by atoms with Crippen LogP contribution in [0, 0.1) is 11.3 Å². The molecule has 2 aromatic carbocycles. The maximum atomic E-state index is 12.2. The summed E-state index contributed by atoms with van der Waals surface area (Å²) in [6, 6.07) is 18.6. The Bertz CT molecular complexity index is 829. The van der Waals surface area contributed by atoms with Gasteiger partial charge in [-0.25, -0.2) is 0 Å². The van der Waals surface area contributed by atoms with Crippen molar-refractivity contribution in [3.05, 3.63) is 75.8 Å². The fourth-order valence-corrected chi connectivity index (χ4v) is 3.10. The zero-order valence-electron chi connectivity index (χ0n) is 11.9. The van der Waals surface area contributed by atoms with E-state index in [1.54, 1.807) is 11.0 Å². The third-order valence-electron chi connectivity index (χ3n) is 3.55. The van der Waals surface area contributed by atoms with Crippen LogP contribution in [0.4, 0.5) is 5.69 Å². The van der Waals surface area contributed by atoms with Crippen molar-refractivity contribution in [1.82, 2.24) is 5.32 Å². The van der Waals surface area contributed by atoms with Gasteiger partial charge in [-0.15, -0.1) is 12.6 Å². The maximum absolute atomic E-state index is 12.2. The standard InChI is InChI=1S/C17H12ClN3OS/c18-14-9-5-4-8-12(14)15-20-16(22)13(10-19)17(23)21(15)11-6-2-1-3-7-11/h1-9,15,23H,(H,20,22)/t15-/m1/s1. The van der Waals surface area contributed by atoms with Crippen LogP contribution in [0.25, 0.3) is 0 Å². The predicted octanol–water partition coefficient (Wildman–Crippen LogP) is 3.64. The lowest BCUT2D eigenvalue weighted by Gasteiger charge is -2.38. The molecule has 0 aromatic heterocycles. The van der Waals surface area contributed by atoms with Crippen LogP contribution in [0.3, 0.4) is 0 Å². The lowest BCUT2D eigenvalue weighted by atomic mass is 10.1. The van der Waals surface area contributed by atoms with Gasteiger partial charge < -0.3 is 10.2 Å². The van der Waals surface area contributed by atoms with Gasteiger partial charge in [0.2, 0.25) is 0 Å². The number of para-hydroxylation sites is 1. The Morgan fingerprint density at radius 3 is 2.43 bits per heavy atom. The van der Waals surface area contributed by atoms with E-state index in [9.17, 15) is 10.1 Å². The second-order valence-corrected chi connectivity index (χ2v) is 5.74. The first-order valence-electron chi connectivity index (χ1n) is 6.86. The molecule has 23 heavy (non-hydrogen) atoms. The van der Waals surface area contributed by atoms with Crippen molar-refractivity contribution in [2.45, 2.75) is 6.17 Å². The molecular formula is C17H12ClN3OS. The molecule has 0 aliphatic carbocycles. The Morgan fingerprint density at radius 1 is 1.13 bits per heavy atom. The molecule has 4 nitrogen and oxygen atoms in total. The lowest BCUT2D eigenvalue weighted by molar-refractivity contribution is -0.118. The Kier molecular flexibility index (Phi) is 4.28. The summed E-state index contributed by atoms with van der Waals surface area (Å²) in [4.78, 5) is 14.0. The minimum absolute atomic E-state index is 0.0273. The Morgan fingerprint density at radius 2 is 1.78 bits per heavy atom. The molecule has 1 aliphatic rings. The van der Waals surface area contributed by atoms with Gasteiger partial charge in [0.15, 0.2) is 0 Å². The highest BCUT2D eigenvalue weighted by Gasteiger charge is 2.34. The largest absolute Gasteiger partial charge is 0.327 e. The third-order valence-corrected chi connectivity index (χ3v) is 4.33. The van der Waals surface area contributed by atoms with Gasteiger partial charge in [-0.2, -0.15) is 5.26 Å². The summed E-state index contributed by atoms with van der Waals surface area (Å²) in [5.74, 6) is -0.463. The Balaban J connectivity index is 2.19. The van der Waals surface area contributed by atoms with Gasteiger partial charge in [0, 0.05) is 16.3 Å². The van der Waals surface area contributed by atoms with Crippen molar-refractivity contribution in [2.24, 2.45) is 0 Å². The van der Waals surface area contributed by atoms with Gasteiger partial charge >= 0.3 is 0 Å². The van der Waals surface area contributed by atoms with Crippen molar-refractivity contribution in [3.8, 4) is 6.07 Å². The molecule has 0 spiro atoms. The molecule has 3 rings (SSSR count). The highest BCUT2D eigenvalue weighted by atomic mass is 35.5. The van der Waals surface area contributed by atoms with Crippen LogP contribution < -0.4 is 10.2 Å². The van der Waals surface area contributed by atoms with Crippen molar-refractivity contribution in [1.29, 1.82) is 5.26 Å². The van der Waals surface area contributed by atoms with E-state index < -0.39 is 12.1 Å². The number of hydrogen-bond donors (Lipinski definition) is 2. The number of benzene rings is 2. The molecule has 0 saturated carbocycles. The lowest BCUT2D eigenvalue weighted by Crippen LogP contribution is -2.46. The molecule has 114 valence electrons. The predicted molar refractivity (Wildman–Crippen MR) is 92.9 cm³/mol. The van der Waals surface area contributed by atoms with Crippen molar-refractivity contribution >= 4 is 35.8 Å². The molecule has 0 radical (unpaired) electrons. The molecule has 6 heteroatoms. The number of thiol groups is 1. The molecule has 1 atom stereocenters. The summed E-state index contributed by atoms with van der Waals surface area (Å²) in [6.45, 7) is 0. The number of nitriles is 1. The molecule has 0 bridgehead atoms. The van der Waals surface area contributed by atoms with E-state index in [-0.39, 0.29) is 5.57 Å². The normalized spacial score (nSPS) is 17.7. The van der Waals surface area contributed by atoms with Crippen LogP contribution >= 0.6 is 24.2 Å². The summed E-state index contributed by atoms with van der Waals surface area (Å²) >= 11 is 10.7. The zero-order chi connectivity index (χ0) is 16.4. The van der Waals surface area contributed by atoms with Gasteiger partial charge in [0.05, 0.1) is 5.03 Å². The first-order valence-corrected chi connectivity index (χ1v) is 7.69. The quantitative estimate of drug-likeness (QED) is 0.820. The number of nitrogens with zero attached hydrogens (tertiary/aromatic N) is 2. The van der Waals surface area contributed by atoms with E-state index in [1.807, 2.05) is 54.6 Å². The van der Waals surface area contributed by atoms with E-state index in [2.05, 4.69) is 17.9 Å². The summed E-state index contributed by atoms with van der Waals surface area (Å²) in [7, 11) is 0. The molecule has 0 saturated heterocycles. The van der Waals surface area contributed by atoms with Gasteiger partial charge in [-0.05, 0) is 18.2 Å². The average Bonchev–Trinajstić information content (AvgIpc) is 2.56. The topological polar surface area (TPSA) is 56.1 Å². The van der Waals surface area contributed by atoms with E-state index in [1.165, 1.54) is 0 Å². The summed E-state index contributed by atoms with van der Waals surface area (Å²) in [5, 5.41) is 12.9. The smallest absolute Gasteiger partial charge is 0.266 e. The Labute approximate surface area is 144 Å². The fraction of sp³-hybridized carbons (Fsp3) is 0.0588. The van der Waals surface area contributed by atoms with E-state index in [0.717, 1.165) is 11.3 Å². The molecule has 1 aliphatic heterocycles. The number of carbonyl (C=O) groups excluding carboxylic acids is 1. The van der Waals surface area contributed by atoms with E-state index in [0.29, 0.717) is 10.1 Å². The minimum atomic E-state index is -0.539. The monoisotopic (exact) mass is 341 g/mol. The average molecular weight is 342 g/mol. The van der Waals surface area contributed by atoms with Gasteiger partial charge in [-0.1, -0.05) is 48.0 Å². The van der Waals surface area contributed by atoms with Crippen LogP contribution in [0.2, 0.25) is 5.02 Å². The number of hydrogen-bond acceptors (Lipinski definition) is 4. The third kappa shape index (κ3) is 2.79. The number of halogens is 1. The van der Waals surface area contributed by atoms with Gasteiger partial charge in [-0.3, -0.25) is 4.79 Å². The second-order valence-electron chi connectivity index (χ2n) is 4.91. The number of anilines is 1. The van der Waals surface area contributed by atoms with Crippen LogP contribution in [0.5, 0.6) is 0 Å². The number of amides is 1. The highest BCUT2D eigenvalue weighted by Crippen LogP contribution is 2.37. The highest BCUT2D eigenvalue weighted by molar-refractivity contribution is 7.84. The fourth-order valence-electron chi connectivity index (χ4n) is 2.48. The minimum Gasteiger partial charge on any atom is -0.327 e. The first-order chi connectivity index (χ1) is 11.1. The first kappa shape index (κ1) is 15.5. The molecule has 1 N–H and O–H groups in total. The Hall–Kier alpha value is -2.42. The molecule has 0 unspecified atom stereocenters. The van der Waals surface area contributed by atoms with Gasteiger partial charge in [0.25, 0.3) is 5.91 Å². The molecule has 1 heterocycles. The van der Waals surface area contributed by atoms with Crippen LogP contribution in [0.15, 0.2) is 65.2 Å². The number of nitrogens with one attached hydrogen (secondary N) is 1.